The second-order valence-electron chi connectivity index (χ2n) is 4.47. The van der Waals surface area contributed by atoms with E-state index in [9.17, 15) is 0 Å². The second-order valence-corrected chi connectivity index (χ2v) is 5.50. The molecule has 0 N–H and O–H groups in total. The molecule has 2 heterocycles. The molecule has 0 aliphatic rings. The fraction of sp³-hybridized carbons (Fsp3) is 0.455. The van der Waals surface area contributed by atoms with Gasteiger partial charge in [-0.05, 0) is 20.8 Å². The number of aromatic nitrogens is 5. The van der Waals surface area contributed by atoms with E-state index in [1.807, 2.05) is 20.8 Å². The predicted molar refractivity (Wildman–Crippen MR) is 67.1 cm³/mol. The third kappa shape index (κ3) is 2.95. The summed E-state index contributed by atoms with van der Waals surface area (Å²) in [5, 5.41) is 4.03. The lowest BCUT2D eigenvalue weighted by Gasteiger charge is -2.17. The molecule has 0 spiro atoms. The van der Waals surface area contributed by atoms with Crippen molar-refractivity contribution in [2.24, 2.45) is 0 Å². The first kappa shape index (κ1) is 12.8. The third-order valence-corrected chi connectivity index (χ3v) is 2.31. The van der Waals surface area contributed by atoms with Gasteiger partial charge in [0, 0.05) is 0 Å². The number of ether oxygens (including phenoxy) is 1. The summed E-state index contributed by atoms with van der Waals surface area (Å²) in [5.74, 6) is 1.15. The molecule has 2 aromatic heterocycles. The Morgan fingerprint density at radius 2 is 2.11 bits per heavy atom. The molecule has 0 radical (unpaired) electrons. The SMILES string of the molecule is Cc1c(OCC(C)(C)Cl)ncnc1-n1cncn1. The molecule has 0 atom stereocenters. The maximum Gasteiger partial charge on any atom is 0.221 e. The molecule has 0 aliphatic heterocycles. The van der Waals surface area contributed by atoms with E-state index in [4.69, 9.17) is 16.3 Å². The number of nitrogens with zero attached hydrogens (tertiary/aromatic N) is 5. The highest BCUT2D eigenvalue weighted by atomic mass is 35.5. The summed E-state index contributed by atoms with van der Waals surface area (Å²) < 4.78 is 7.16. The van der Waals surface area contributed by atoms with Crippen LogP contribution in [0.15, 0.2) is 19.0 Å². The zero-order chi connectivity index (χ0) is 13.2. The van der Waals surface area contributed by atoms with Gasteiger partial charge in [0.05, 0.1) is 10.4 Å². The number of alkyl halides is 1. The van der Waals surface area contributed by atoms with Gasteiger partial charge in [-0.2, -0.15) is 5.10 Å². The largest absolute Gasteiger partial charge is 0.475 e. The van der Waals surface area contributed by atoms with Crippen LogP contribution in [0.4, 0.5) is 0 Å². The van der Waals surface area contributed by atoms with Crippen molar-refractivity contribution in [3.8, 4) is 11.7 Å². The summed E-state index contributed by atoms with van der Waals surface area (Å²) in [6, 6.07) is 0. The van der Waals surface area contributed by atoms with E-state index >= 15 is 0 Å². The molecule has 0 aliphatic carbocycles. The van der Waals surface area contributed by atoms with Crippen LogP contribution >= 0.6 is 11.6 Å². The first-order valence-corrected chi connectivity index (χ1v) is 5.83. The molecule has 6 nitrogen and oxygen atoms in total. The van der Waals surface area contributed by atoms with E-state index in [0.717, 1.165) is 5.56 Å². The highest BCUT2D eigenvalue weighted by molar-refractivity contribution is 6.23. The van der Waals surface area contributed by atoms with Crippen molar-refractivity contribution in [1.29, 1.82) is 0 Å². The Labute approximate surface area is 110 Å². The van der Waals surface area contributed by atoms with E-state index in [1.165, 1.54) is 12.7 Å². The normalized spacial score (nSPS) is 11.6. The minimum absolute atomic E-state index is 0.364. The summed E-state index contributed by atoms with van der Waals surface area (Å²) in [7, 11) is 0. The summed E-state index contributed by atoms with van der Waals surface area (Å²) >= 11 is 6.08. The second kappa shape index (κ2) is 4.89. The van der Waals surface area contributed by atoms with Crippen molar-refractivity contribution in [2.45, 2.75) is 25.6 Å². The Kier molecular flexibility index (Phi) is 3.47. The van der Waals surface area contributed by atoms with Crippen LogP contribution in [0.2, 0.25) is 0 Å². The van der Waals surface area contributed by atoms with Crippen molar-refractivity contribution in [2.75, 3.05) is 6.61 Å². The van der Waals surface area contributed by atoms with Crippen LogP contribution in [0.25, 0.3) is 5.82 Å². The van der Waals surface area contributed by atoms with Gasteiger partial charge in [0.15, 0.2) is 5.82 Å². The topological polar surface area (TPSA) is 65.7 Å². The van der Waals surface area contributed by atoms with Gasteiger partial charge in [-0.3, -0.25) is 0 Å². The molecule has 0 unspecified atom stereocenters. The monoisotopic (exact) mass is 267 g/mol. The first-order chi connectivity index (χ1) is 8.47. The molecule has 0 fully saturated rings. The van der Waals surface area contributed by atoms with Crippen LogP contribution in [-0.2, 0) is 0 Å². The molecule has 0 saturated heterocycles. The van der Waals surface area contributed by atoms with Gasteiger partial charge in [0.1, 0.15) is 25.6 Å². The van der Waals surface area contributed by atoms with Crippen molar-refractivity contribution >= 4 is 11.6 Å². The Morgan fingerprint density at radius 1 is 1.33 bits per heavy atom. The lowest BCUT2D eigenvalue weighted by atomic mass is 10.2. The number of hydrogen-bond acceptors (Lipinski definition) is 5. The maximum absolute atomic E-state index is 6.08. The molecule has 0 amide bonds. The van der Waals surface area contributed by atoms with Crippen LogP contribution in [-0.4, -0.2) is 36.2 Å². The highest BCUT2D eigenvalue weighted by Crippen LogP contribution is 2.21. The minimum Gasteiger partial charge on any atom is -0.475 e. The molecular formula is C11H14ClN5O. The molecule has 0 bridgehead atoms. The minimum atomic E-state index is -0.440. The molecule has 18 heavy (non-hydrogen) atoms. The van der Waals surface area contributed by atoms with Gasteiger partial charge >= 0.3 is 0 Å². The van der Waals surface area contributed by atoms with E-state index in [0.29, 0.717) is 18.3 Å². The van der Waals surface area contributed by atoms with Gasteiger partial charge in [-0.15, -0.1) is 11.6 Å². The summed E-state index contributed by atoms with van der Waals surface area (Å²) in [6.45, 7) is 5.99. The lowest BCUT2D eigenvalue weighted by molar-refractivity contribution is 0.271. The van der Waals surface area contributed by atoms with E-state index in [2.05, 4.69) is 20.1 Å². The molecule has 96 valence electrons. The lowest BCUT2D eigenvalue weighted by Crippen LogP contribution is -2.22. The van der Waals surface area contributed by atoms with Crippen molar-refractivity contribution in [3.63, 3.8) is 0 Å². The van der Waals surface area contributed by atoms with E-state index < -0.39 is 4.87 Å². The highest BCUT2D eigenvalue weighted by Gasteiger charge is 2.17. The molecule has 0 saturated carbocycles. The van der Waals surface area contributed by atoms with E-state index in [1.54, 1.807) is 11.0 Å². The predicted octanol–water partition coefficient (Wildman–Crippen LogP) is 1.76. The van der Waals surface area contributed by atoms with Crippen LogP contribution in [0.1, 0.15) is 19.4 Å². The third-order valence-electron chi connectivity index (χ3n) is 2.20. The fourth-order valence-electron chi connectivity index (χ4n) is 1.36. The van der Waals surface area contributed by atoms with Gasteiger partial charge < -0.3 is 4.74 Å². The summed E-state index contributed by atoms with van der Waals surface area (Å²) in [5.41, 5.74) is 0.795. The van der Waals surface area contributed by atoms with Gasteiger partial charge in [0.25, 0.3) is 0 Å². The molecule has 7 heteroatoms. The summed E-state index contributed by atoms with van der Waals surface area (Å²) in [6.07, 6.45) is 4.45. The summed E-state index contributed by atoms with van der Waals surface area (Å²) in [4.78, 5) is 11.7. The number of hydrogen-bond donors (Lipinski definition) is 0. The maximum atomic E-state index is 6.08. The average Bonchev–Trinajstić information content (AvgIpc) is 2.80. The van der Waals surface area contributed by atoms with Crippen LogP contribution in [0, 0.1) is 6.92 Å². The smallest absolute Gasteiger partial charge is 0.221 e. The van der Waals surface area contributed by atoms with Gasteiger partial charge in [-0.25, -0.2) is 19.6 Å². The zero-order valence-corrected chi connectivity index (χ0v) is 11.2. The molecule has 2 rings (SSSR count). The quantitative estimate of drug-likeness (QED) is 0.790. The van der Waals surface area contributed by atoms with Crippen molar-refractivity contribution < 1.29 is 4.74 Å². The standard InChI is InChI=1S/C11H14ClN5O/c1-8-9(17-7-13-5-16-17)14-6-15-10(8)18-4-11(2,3)12/h5-7H,4H2,1-3H3. The molecule has 0 aromatic carbocycles. The number of rotatable bonds is 4. The van der Waals surface area contributed by atoms with Gasteiger partial charge in [0.2, 0.25) is 5.88 Å². The van der Waals surface area contributed by atoms with E-state index in [-0.39, 0.29) is 0 Å². The zero-order valence-electron chi connectivity index (χ0n) is 10.5. The Morgan fingerprint density at radius 3 is 2.72 bits per heavy atom. The van der Waals surface area contributed by atoms with Crippen LogP contribution in [0.3, 0.4) is 0 Å². The Bertz CT molecular complexity index is 521. The Hall–Kier alpha value is -1.69. The first-order valence-electron chi connectivity index (χ1n) is 5.46. The van der Waals surface area contributed by atoms with Gasteiger partial charge in [-0.1, -0.05) is 0 Å². The molecular weight excluding hydrogens is 254 g/mol. The average molecular weight is 268 g/mol. The Balaban J connectivity index is 2.25. The fourth-order valence-corrected chi connectivity index (χ4v) is 1.41. The number of halogens is 1. The molecule has 2 aromatic rings. The van der Waals surface area contributed by atoms with Crippen LogP contribution < -0.4 is 4.74 Å². The van der Waals surface area contributed by atoms with Crippen LogP contribution in [0.5, 0.6) is 5.88 Å². The van der Waals surface area contributed by atoms with Crippen molar-refractivity contribution in [3.05, 3.63) is 24.5 Å². The van der Waals surface area contributed by atoms with Crippen molar-refractivity contribution in [1.82, 2.24) is 24.7 Å².